The summed E-state index contributed by atoms with van der Waals surface area (Å²) in [5.74, 6) is 0.508. The van der Waals surface area contributed by atoms with Crippen LogP contribution in [0.4, 0.5) is 13.2 Å². The molecule has 0 radical (unpaired) electrons. The van der Waals surface area contributed by atoms with E-state index in [9.17, 15) is 18.0 Å². The Morgan fingerprint density at radius 3 is 2.47 bits per heavy atom. The van der Waals surface area contributed by atoms with E-state index >= 15 is 0 Å². The quantitative estimate of drug-likeness (QED) is 0.400. The molecular formula is C28H45F3N2O3. The monoisotopic (exact) mass is 514 g/mol. The third-order valence-corrected chi connectivity index (χ3v) is 7.43. The van der Waals surface area contributed by atoms with Crippen molar-refractivity contribution in [3.63, 3.8) is 0 Å². The van der Waals surface area contributed by atoms with Crippen molar-refractivity contribution in [1.82, 2.24) is 10.2 Å². The molecule has 1 aliphatic carbocycles. The molecule has 206 valence electrons. The van der Waals surface area contributed by atoms with Crippen LogP contribution >= 0.6 is 0 Å². The Balaban J connectivity index is 0.00000222. The molecule has 1 saturated heterocycles. The minimum absolute atomic E-state index is 0.149. The van der Waals surface area contributed by atoms with Gasteiger partial charge < -0.3 is 14.8 Å². The standard InChI is InChI=1S/C26H39F3N2O3.C2H6/c1-5-20-9-10-21(33-4)15-22(20)25(11-13-30-23(32)16-26(27,28)29)12-14-31(17-19-7-8-19)18(3)24(25)34-6-2;1-2/h9-10,15,18-19,24H,5-8,11-14,16-17H2,1-4H3,(H,30,32);1-2H3. The van der Waals surface area contributed by atoms with Crippen molar-refractivity contribution in [2.75, 3.05) is 33.4 Å². The molecule has 3 rings (SSSR count). The second-order valence-electron chi connectivity index (χ2n) is 9.73. The molecular weight excluding hydrogens is 469 g/mol. The fraction of sp³-hybridized carbons (Fsp3) is 0.750. The summed E-state index contributed by atoms with van der Waals surface area (Å²) in [4.78, 5) is 14.4. The zero-order valence-corrected chi connectivity index (χ0v) is 22.8. The Hall–Kier alpha value is -1.80. The normalized spacial score (nSPS) is 24.6. The molecule has 1 amide bonds. The van der Waals surface area contributed by atoms with Crippen molar-refractivity contribution in [2.24, 2.45) is 5.92 Å². The lowest BCUT2D eigenvalue weighted by Gasteiger charge is -2.52. The van der Waals surface area contributed by atoms with Crippen LogP contribution in [0.3, 0.4) is 0 Å². The van der Waals surface area contributed by atoms with Gasteiger partial charge in [0.05, 0.1) is 13.2 Å². The fourth-order valence-electron chi connectivity index (χ4n) is 5.52. The number of hydrogen-bond acceptors (Lipinski definition) is 4. The number of halogens is 3. The molecule has 1 aliphatic heterocycles. The molecule has 5 nitrogen and oxygen atoms in total. The van der Waals surface area contributed by atoms with Gasteiger partial charge >= 0.3 is 6.18 Å². The number of methoxy groups -OCH3 is 1. The predicted molar refractivity (Wildman–Crippen MR) is 137 cm³/mol. The highest BCUT2D eigenvalue weighted by Gasteiger charge is 2.50. The number of carbonyl (C=O) groups excluding carboxylic acids is 1. The molecule has 8 heteroatoms. The third-order valence-electron chi connectivity index (χ3n) is 7.43. The fourth-order valence-corrected chi connectivity index (χ4v) is 5.52. The number of benzene rings is 1. The van der Waals surface area contributed by atoms with Gasteiger partial charge in [-0.15, -0.1) is 0 Å². The van der Waals surface area contributed by atoms with Crippen LogP contribution in [-0.2, 0) is 21.4 Å². The maximum atomic E-state index is 12.7. The van der Waals surface area contributed by atoms with Gasteiger partial charge in [-0.05, 0) is 81.7 Å². The van der Waals surface area contributed by atoms with Crippen molar-refractivity contribution < 1.29 is 27.4 Å². The molecule has 1 saturated carbocycles. The lowest BCUT2D eigenvalue weighted by molar-refractivity contribution is -0.153. The first kappa shape index (κ1) is 30.4. The van der Waals surface area contributed by atoms with Crippen molar-refractivity contribution in [3.8, 4) is 5.75 Å². The van der Waals surface area contributed by atoms with Gasteiger partial charge in [-0.3, -0.25) is 9.69 Å². The summed E-state index contributed by atoms with van der Waals surface area (Å²) < 4.78 is 50.0. The second kappa shape index (κ2) is 13.7. The molecule has 0 bridgehead atoms. The van der Waals surface area contributed by atoms with Crippen LogP contribution in [0, 0.1) is 5.92 Å². The lowest BCUT2D eigenvalue weighted by Crippen LogP contribution is -2.61. The van der Waals surface area contributed by atoms with Crippen LogP contribution < -0.4 is 10.1 Å². The van der Waals surface area contributed by atoms with Crippen LogP contribution in [0.25, 0.3) is 0 Å². The van der Waals surface area contributed by atoms with E-state index in [4.69, 9.17) is 9.47 Å². The van der Waals surface area contributed by atoms with E-state index in [-0.39, 0.29) is 18.7 Å². The number of likely N-dealkylation sites (tertiary alicyclic amines) is 1. The predicted octanol–water partition coefficient (Wildman–Crippen LogP) is 5.89. The van der Waals surface area contributed by atoms with Crippen LogP contribution in [0.1, 0.15) is 77.8 Å². The van der Waals surface area contributed by atoms with Crippen molar-refractivity contribution in [3.05, 3.63) is 29.3 Å². The minimum atomic E-state index is -4.51. The number of nitrogens with one attached hydrogen (secondary N) is 1. The second-order valence-corrected chi connectivity index (χ2v) is 9.73. The van der Waals surface area contributed by atoms with Crippen LogP contribution in [0.2, 0.25) is 0 Å². The molecule has 0 aromatic heterocycles. The Labute approximate surface area is 215 Å². The number of ether oxygens (including phenoxy) is 2. The van der Waals surface area contributed by atoms with Crippen molar-refractivity contribution >= 4 is 5.91 Å². The molecule has 36 heavy (non-hydrogen) atoms. The lowest BCUT2D eigenvalue weighted by atomic mass is 9.64. The Kier molecular flexibility index (Phi) is 11.5. The van der Waals surface area contributed by atoms with Gasteiger partial charge in [-0.1, -0.05) is 26.8 Å². The number of hydrogen-bond donors (Lipinski definition) is 1. The number of nitrogens with zero attached hydrogens (tertiary/aromatic N) is 1. The number of aryl methyl sites for hydroxylation is 1. The summed E-state index contributed by atoms with van der Waals surface area (Å²) in [7, 11) is 1.63. The highest BCUT2D eigenvalue weighted by molar-refractivity contribution is 5.76. The van der Waals surface area contributed by atoms with E-state index < -0.39 is 23.9 Å². The number of piperidine rings is 1. The average Bonchev–Trinajstić information content (AvgIpc) is 3.67. The van der Waals surface area contributed by atoms with Crippen LogP contribution in [0.5, 0.6) is 5.75 Å². The number of rotatable bonds is 11. The minimum Gasteiger partial charge on any atom is -0.497 e. The van der Waals surface area contributed by atoms with Gasteiger partial charge in [-0.2, -0.15) is 13.2 Å². The Morgan fingerprint density at radius 1 is 1.22 bits per heavy atom. The van der Waals surface area contributed by atoms with E-state index in [2.05, 4.69) is 36.2 Å². The summed E-state index contributed by atoms with van der Waals surface area (Å²) in [6, 6.07) is 6.23. The summed E-state index contributed by atoms with van der Waals surface area (Å²) in [5, 5.41) is 2.52. The highest BCUT2D eigenvalue weighted by atomic mass is 19.4. The first-order valence-electron chi connectivity index (χ1n) is 13.5. The van der Waals surface area contributed by atoms with Gasteiger partial charge in [0.15, 0.2) is 0 Å². The van der Waals surface area contributed by atoms with Gasteiger partial charge in [0.25, 0.3) is 0 Å². The maximum Gasteiger partial charge on any atom is 0.397 e. The summed E-state index contributed by atoms with van der Waals surface area (Å²) >= 11 is 0. The van der Waals surface area contributed by atoms with Gasteiger partial charge in [-0.25, -0.2) is 0 Å². The van der Waals surface area contributed by atoms with Gasteiger partial charge in [0.2, 0.25) is 5.91 Å². The summed E-state index contributed by atoms with van der Waals surface area (Å²) in [6.45, 7) is 12.9. The van der Waals surface area contributed by atoms with Crippen molar-refractivity contribution in [1.29, 1.82) is 0 Å². The van der Waals surface area contributed by atoms with E-state index in [0.717, 1.165) is 43.2 Å². The first-order chi connectivity index (χ1) is 17.1. The van der Waals surface area contributed by atoms with E-state index in [0.29, 0.717) is 13.0 Å². The zero-order chi connectivity index (χ0) is 26.9. The molecule has 2 fully saturated rings. The Bertz CT molecular complexity index is 829. The van der Waals surface area contributed by atoms with Gasteiger partial charge in [0.1, 0.15) is 12.2 Å². The molecule has 1 N–H and O–H groups in total. The SMILES string of the molecule is CC.CCOC1C(C)N(CC2CC2)CCC1(CCNC(=O)CC(F)(F)F)c1cc(OC)ccc1CC. The number of carbonyl (C=O) groups is 1. The molecule has 1 aromatic carbocycles. The number of alkyl halides is 3. The third kappa shape index (κ3) is 7.85. The van der Waals surface area contributed by atoms with Crippen LogP contribution in [-0.4, -0.2) is 62.5 Å². The molecule has 2 aliphatic rings. The van der Waals surface area contributed by atoms with Gasteiger partial charge in [0, 0.05) is 31.2 Å². The summed E-state index contributed by atoms with van der Waals surface area (Å²) in [5.41, 5.74) is 1.85. The number of amides is 1. The average molecular weight is 515 g/mol. The van der Waals surface area contributed by atoms with Crippen molar-refractivity contribution in [2.45, 2.75) is 96.9 Å². The van der Waals surface area contributed by atoms with Crippen LogP contribution in [0.15, 0.2) is 18.2 Å². The molecule has 1 heterocycles. The topological polar surface area (TPSA) is 50.8 Å². The molecule has 3 atom stereocenters. The van der Waals surface area contributed by atoms with E-state index in [1.807, 2.05) is 26.8 Å². The zero-order valence-electron chi connectivity index (χ0n) is 22.8. The Morgan fingerprint density at radius 2 is 1.92 bits per heavy atom. The largest absolute Gasteiger partial charge is 0.497 e. The smallest absolute Gasteiger partial charge is 0.397 e. The van der Waals surface area contributed by atoms with E-state index in [1.54, 1.807) is 7.11 Å². The van der Waals surface area contributed by atoms with E-state index in [1.165, 1.54) is 18.4 Å². The summed E-state index contributed by atoms with van der Waals surface area (Å²) in [6.07, 6.45) is -1.45. The highest BCUT2D eigenvalue weighted by Crippen LogP contribution is 2.46. The molecule has 1 aromatic rings. The molecule has 3 unspecified atom stereocenters. The first-order valence-corrected chi connectivity index (χ1v) is 13.5. The maximum absolute atomic E-state index is 12.7. The molecule has 0 spiro atoms.